The summed E-state index contributed by atoms with van der Waals surface area (Å²) in [5.74, 6) is 0. The van der Waals surface area contributed by atoms with E-state index in [1.165, 1.54) is 9.80 Å². The van der Waals surface area contributed by atoms with Crippen LogP contribution < -0.4 is 0 Å². The van der Waals surface area contributed by atoms with Crippen LogP contribution in [0.3, 0.4) is 0 Å². The molecule has 0 aromatic rings. The van der Waals surface area contributed by atoms with Gasteiger partial charge in [-0.2, -0.15) is 0 Å². The van der Waals surface area contributed by atoms with Crippen LogP contribution in [0.25, 0.3) is 0 Å². The Morgan fingerprint density at radius 1 is 1.11 bits per heavy atom. The summed E-state index contributed by atoms with van der Waals surface area (Å²) in [5, 5.41) is 0. The summed E-state index contributed by atoms with van der Waals surface area (Å²) in [7, 11) is 3.34. The lowest BCUT2D eigenvalue weighted by Gasteiger charge is -2.20. The second-order valence-corrected chi connectivity index (χ2v) is 4.77. The van der Waals surface area contributed by atoms with Crippen molar-refractivity contribution >= 4 is 34.8 Å². The molecule has 0 spiro atoms. The van der Waals surface area contributed by atoms with Crippen LogP contribution in [0.5, 0.6) is 0 Å². The van der Waals surface area contributed by atoms with E-state index < -0.39 is 0 Å². The molecule has 106 valence electrons. The molecule has 0 aromatic heterocycles. The fourth-order valence-corrected chi connectivity index (χ4v) is 1.44. The van der Waals surface area contributed by atoms with Gasteiger partial charge < -0.3 is 19.3 Å². The average Bonchev–Trinajstić information content (AvgIpc) is 2.27. The number of amides is 2. The van der Waals surface area contributed by atoms with Crippen molar-refractivity contribution in [2.75, 3.05) is 31.8 Å². The normalized spacial score (nSPS) is 10.1. The monoisotopic (exact) mass is 372 g/mol. The number of rotatable bonds is 6. The fraction of sp³-hybridized carbons (Fsp3) is 0.818. The zero-order valence-electron chi connectivity index (χ0n) is 11.3. The van der Waals surface area contributed by atoms with E-state index in [4.69, 9.17) is 9.47 Å². The average molecular weight is 372 g/mol. The van der Waals surface area contributed by atoms with Crippen LogP contribution in [-0.4, -0.2) is 59.9 Å². The Morgan fingerprint density at radius 3 is 2.06 bits per heavy atom. The van der Waals surface area contributed by atoms with Crippen LogP contribution in [0.2, 0.25) is 0 Å². The fourth-order valence-electron chi connectivity index (χ4n) is 1.18. The summed E-state index contributed by atoms with van der Waals surface area (Å²) in [6, 6.07) is 0. The first-order chi connectivity index (χ1) is 8.38. The molecule has 0 aliphatic heterocycles. The highest BCUT2D eigenvalue weighted by molar-refractivity contribution is 14.1. The molecular weight excluding hydrogens is 351 g/mol. The number of ether oxygens (including phenoxy) is 2. The molecule has 2 amide bonds. The highest BCUT2D eigenvalue weighted by Gasteiger charge is 2.13. The van der Waals surface area contributed by atoms with Crippen LogP contribution in [0.15, 0.2) is 0 Å². The van der Waals surface area contributed by atoms with Crippen molar-refractivity contribution in [3.05, 3.63) is 0 Å². The van der Waals surface area contributed by atoms with Crippen LogP contribution in [0.1, 0.15) is 20.3 Å². The SMILES string of the molecule is CC(C)OC(=O)N(C)CCCN(C)C(=O)OCI. The molecule has 18 heavy (non-hydrogen) atoms. The Balaban J connectivity index is 3.83. The first-order valence-corrected chi connectivity index (χ1v) is 7.26. The summed E-state index contributed by atoms with van der Waals surface area (Å²) in [5.41, 5.74) is 0. The van der Waals surface area contributed by atoms with Crippen molar-refractivity contribution in [3.63, 3.8) is 0 Å². The minimum absolute atomic E-state index is 0.124. The largest absolute Gasteiger partial charge is 0.447 e. The molecule has 0 unspecified atom stereocenters. The number of carbonyl (C=O) groups is 2. The van der Waals surface area contributed by atoms with E-state index in [1.807, 2.05) is 22.6 Å². The third-order valence-corrected chi connectivity index (χ3v) is 2.44. The molecule has 0 fully saturated rings. The van der Waals surface area contributed by atoms with E-state index in [9.17, 15) is 9.59 Å². The molecule has 6 nitrogen and oxygen atoms in total. The zero-order valence-corrected chi connectivity index (χ0v) is 13.5. The van der Waals surface area contributed by atoms with Crippen molar-refractivity contribution in [2.45, 2.75) is 26.4 Å². The van der Waals surface area contributed by atoms with Gasteiger partial charge in [0.1, 0.15) is 4.61 Å². The van der Waals surface area contributed by atoms with E-state index in [0.29, 0.717) is 24.1 Å². The summed E-state index contributed by atoms with van der Waals surface area (Å²) >= 11 is 1.96. The maximum atomic E-state index is 11.5. The number of hydrogen-bond donors (Lipinski definition) is 0. The van der Waals surface area contributed by atoms with Gasteiger partial charge in [0.15, 0.2) is 0 Å². The number of halogens is 1. The first-order valence-electron chi connectivity index (χ1n) is 5.74. The Bertz CT molecular complexity index is 274. The van der Waals surface area contributed by atoms with E-state index in [1.54, 1.807) is 27.9 Å². The standard InChI is InChI=1S/C11H21IN2O4/c1-9(2)18-11(16)14(4)7-5-6-13(3)10(15)17-8-12/h9H,5-8H2,1-4H3. The van der Waals surface area contributed by atoms with E-state index in [2.05, 4.69) is 0 Å². The van der Waals surface area contributed by atoms with Gasteiger partial charge in [0, 0.05) is 27.2 Å². The van der Waals surface area contributed by atoms with Crippen molar-refractivity contribution in [2.24, 2.45) is 0 Å². The van der Waals surface area contributed by atoms with Gasteiger partial charge in [-0.1, -0.05) is 0 Å². The number of alkyl halides is 1. The van der Waals surface area contributed by atoms with Gasteiger partial charge >= 0.3 is 12.2 Å². The third-order valence-electron chi connectivity index (χ3n) is 2.12. The van der Waals surface area contributed by atoms with Gasteiger partial charge in [0.2, 0.25) is 0 Å². The first kappa shape index (κ1) is 17.3. The van der Waals surface area contributed by atoms with Crippen LogP contribution in [-0.2, 0) is 9.47 Å². The molecular formula is C11H21IN2O4. The molecule has 7 heteroatoms. The van der Waals surface area contributed by atoms with Crippen molar-refractivity contribution in [3.8, 4) is 0 Å². The second-order valence-electron chi connectivity index (χ2n) is 4.15. The minimum Gasteiger partial charge on any atom is -0.447 e. The number of hydrogen-bond acceptors (Lipinski definition) is 4. The molecule has 0 radical (unpaired) electrons. The van der Waals surface area contributed by atoms with E-state index in [-0.39, 0.29) is 18.3 Å². The molecule has 0 aliphatic carbocycles. The summed E-state index contributed by atoms with van der Waals surface area (Å²) < 4.78 is 10.2. The maximum absolute atomic E-state index is 11.5. The van der Waals surface area contributed by atoms with Gasteiger partial charge in [-0.3, -0.25) is 0 Å². The predicted molar refractivity (Wildman–Crippen MR) is 76.9 cm³/mol. The Kier molecular flexibility index (Phi) is 8.86. The summed E-state index contributed by atoms with van der Waals surface area (Å²) in [6.07, 6.45) is -0.142. The minimum atomic E-state index is -0.350. The maximum Gasteiger partial charge on any atom is 0.410 e. The molecule has 0 saturated heterocycles. The Morgan fingerprint density at radius 2 is 1.61 bits per heavy atom. The van der Waals surface area contributed by atoms with Gasteiger partial charge in [0.05, 0.1) is 6.10 Å². The molecule has 0 aliphatic rings. The third kappa shape index (κ3) is 7.57. The van der Waals surface area contributed by atoms with Crippen molar-refractivity contribution in [1.29, 1.82) is 0 Å². The van der Waals surface area contributed by atoms with Gasteiger partial charge in [-0.15, -0.1) is 0 Å². The molecule has 0 atom stereocenters. The molecule has 0 N–H and O–H groups in total. The zero-order chi connectivity index (χ0) is 14.1. The van der Waals surface area contributed by atoms with Crippen LogP contribution in [0, 0.1) is 0 Å². The lowest BCUT2D eigenvalue weighted by molar-refractivity contribution is 0.0828. The smallest absolute Gasteiger partial charge is 0.410 e. The molecule has 0 saturated carbocycles. The van der Waals surface area contributed by atoms with Gasteiger partial charge in [0.25, 0.3) is 0 Å². The van der Waals surface area contributed by atoms with Crippen molar-refractivity contribution < 1.29 is 19.1 Å². The van der Waals surface area contributed by atoms with E-state index in [0.717, 1.165) is 0 Å². The molecule has 0 aromatic carbocycles. The van der Waals surface area contributed by atoms with Gasteiger partial charge in [-0.05, 0) is 42.9 Å². The lowest BCUT2D eigenvalue weighted by Crippen LogP contribution is -2.34. The predicted octanol–water partition coefficient (Wildman–Crippen LogP) is 2.31. The topological polar surface area (TPSA) is 59.1 Å². The highest BCUT2D eigenvalue weighted by Crippen LogP contribution is 1.99. The molecule has 0 heterocycles. The summed E-state index contributed by atoms with van der Waals surface area (Å²) in [4.78, 5) is 25.7. The highest BCUT2D eigenvalue weighted by atomic mass is 127. The molecule has 0 bridgehead atoms. The lowest BCUT2D eigenvalue weighted by atomic mass is 10.4. The van der Waals surface area contributed by atoms with Crippen LogP contribution >= 0.6 is 22.6 Å². The number of nitrogens with zero attached hydrogens (tertiary/aromatic N) is 2. The Hall–Kier alpha value is -0.730. The Labute approximate surface area is 122 Å². The van der Waals surface area contributed by atoms with Crippen LogP contribution in [0.4, 0.5) is 9.59 Å². The number of carbonyl (C=O) groups excluding carboxylic acids is 2. The quantitative estimate of drug-likeness (QED) is 0.531. The second kappa shape index (κ2) is 9.23. The summed E-state index contributed by atoms with van der Waals surface area (Å²) in [6.45, 7) is 4.68. The van der Waals surface area contributed by atoms with Gasteiger partial charge in [-0.25, -0.2) is 9.59 Å². The van der Waals surface area contributed by atoms with E-state index >= 15 is 0 Å². The van der Waals surface area contributed by atoms with Crippen molar-refractivity contribution in [1.82, 2.24) is 9.80 Å². The molecule has 0 rings (SSSR count).